The van der Waals surface area contributed by atoms with Crippen LogP contribution in [0.3, 0.4) is 0 Å². The number of primary amides is 1. The van der Waals surface area contributed by atoms with Crippen molar-refractivity contribution >= 4 is 41.1 Å². The van der Waals surface area contributed by atoms with Gasteiger partial charge in [0, 0.05) is 39.0 Å². The zero-order chi connectivity index (χ0) is 20.6. The van der Waals surface area contributed by atoms with E-state index in [2.05, 4.69) is 10.3 Å². The van der Waals surface area contributed by atoms with Crippen LogP contribution in [0, 0.1) is 6.92 Å². The second-order valence-corrected chi connectivity index (χ2v) is 7.13. The second kappa shape index (κ2) is 7.65. The van der Waals surface area contributed by atoms with E-state index in [1.807, 2.05) is 0 Å². The molecule has 4 N–H and O–H groups in total. The number of fused-ring (bicyclic) bond motifs is 1. The van der Waals surface area contributed by atoms with E-state index < -0.39 is 17.9 Å². The Morgan fingerprint density at radius 3 is 2.64 bits per heavy atom. The van der Waals surface area contributed by atoms with Crippen molar-refractivity contribution < 1.29 is 19.5 Å². The highest BCUT2D eigenvalue weighted by Crippen LogP contribution is 2.39. The van der Waals surface area contributed by atoms with Crippen LogP contribution in [0.4, 0.5) is 4.79 Å². The van der Waals surface area contributed by atoms with Gasteiger partial charge in [-0.05, 0) is 19.1 Å². The molecule has 0 spiro atoms. The minimum Gasteiger partial charge on any atom is -0.465 e. The van der Waals surface area contributed by atoms with E-state index >= 15 is 0 Å². The number of carbonyl (C=O) groups excluding carboxylic acids is 2. The highest BCUT2D eigenvalue weighted by molar-refractivity contribution is 6.36. The summed E-state index contributed by atoms with van der Waals surface area (Å²) in [4.78, 5) is 41.0. The van der Waals surface area contributed by atoms with Crippen molar-refractivity contribution in [1.82, 2.24) is 15.2 Å². The minimum absolute atomic E-state index is 0.0706. The lowest BCUT2D eigenvalue weighted by Gasteiger charge is -2.17. The molecule has 0 saturated heterocycles. The molecule has 0 saturated carbocycles. The summed E-state index contributed by atoms with van der Waals surface area (Å²) in [6.45, 7) is 1.53. The Hall–Kier alpha value is -2.84. The number of nitrogens with two attached hydrogens (primary N) is 1. The van der Waals surface area contributed by atoms with E-state index in [0.29, 0.717) is 38.1 Å². The first-order chi connectivity index (χ1) is 13.2. The Balaban J connectivity index is 2.24. The van der Waals surface area contributed by atoms with Crippen LogP contribution in [-0.4, -0.2) is 39.4 Å². The molecule has 10 heteroatoms. The fourth-order valence-electron chi connectivity index (χ4n) is 3.24. The van der Waals surface area contributed by atoms with E-state index in [1.165, 1.54) is 11.0 Å². The zero-order valence-corrected chi connectivity index (χ0v) is 16.3. The van der Waals surface area contributed by atoms with Crippen LogP contribution < -0.4 is 11.1 Å². The van der Waals surface area contributed by atoms with Crippen LogP contribution >= 0.6 is 23.2 Å². The van der Waals surface area contributed by atoms with E-state index in [4.69, 9.17) is 34.0 Å². The summed E-state index contributed by atoms with van der Waals surface area (Å²) in [5.74, 6) is -1.06. The summed E-state index contributed by atoms with van der Waals surface area (Å²) in [6, 6.07) is 4.82. The Morgan fingerprint density at radius 2 is 2.04 bits per heavy atom. The largest absolute Gasteiger partial charge is 0.465 e. The monoisotopic (exact) mass is 422 g/mol. The number of nitrogens with one attached hydrogen (secondary N) is 1. The molecule has 3 amide bonds. The number of halogens is 2. The number of aryl methyl sites for hydroxylation is 1. The number of hydrogen-bond donors (Lipinski definition) is 3. The zero-order valence-electron chi connectivity index (χ0n) is 14.8. The lowest BCUT2D eigenvalue weighted by Crippen LogP contribution is -2.34. The standard InChI is InChI=1S/C18H16Cl2N4O4/c1-8-11(5-22-18(27)28)15(10-3-2-9(19)4-12(10)20)16-13(23-8)6-24(17(16)26)7-14(21)25/h2-4,22H,5-7H2,1H3,(H2,21,25)(H,27,28). The highest BCUT2D eigenvalue weighted by atomic mass is 35.5. The fourth-order valence-corrected chi connectivity index (χ4v) is 3.75. The number of amides is 3. The molecule has 1 aromatic heterocycles. The molecule has 0 unspecified atom stereocenters. The van der Waals surface area contributed by atoms with Gasteiger partial charge in [-0.15, -0.1) is 0 Å². The van der Waals surface area contributed by atoms with Gasteiger partial charge in [0.2, 0.25) is 5.91 Å². The van der Waals surface area contributed by atoms with E-state index in [9.17, 15) is 14.4 Å². The molecule has 1 aliphatic rings. The van der Waals surface area contributed by atoms with Gasteiger partial charge in [-0.3, -0.25) is 14.6 Å². The van der Waals surface area contributed by atoms with Gasteiger partial charge in [0.15, 0.2) is 0 Å². The maximum absolute atomic E-state index is 13.0. The molecule has 0 atom stereocenters. The van der Waals surface area contributed by atoms with Gasteiger partial charge < -0.3 is 21.1 Å². The van der Waals surface area contributed by atoms with E-state index in [-0.39, 0.29) is 25.2 Å². The Kier molecular flexibility index (Phi) is 5.44. The number of aromatic nitrogens is 1. The maximum atomic E-state index is 13.0. The average Bonchev–Trinajstić information content (AvgIpc) is 2.87. The van der Waals surface area contributed by atoms with Gasteiger partial charge in [-0.2, -0.15) is 0 Å². The van der Waals surface area contributed by atoms with Gasteiger partial charge in [0.25, 0.3) is 5.91 Å². The Bertz CT molecular complexity index is 1010. The smallest absolute Gasteiger partial charge is 0.404 e. The van der Waals surface area contributed by atoms with Crippen LogP contribution in [0.25, 0.3) is 11.1 Å². The molecule has 1 aliphatic heterocycles. The van der Waals surface area contributed by atoms with Crippen molar-refractivity contribution in [2.75, 3.05) is 6.54 Å². The Labute approximate surface area is 170 Å². The molecular weight excluding hydrogens is 407 g/mol. The molecule has 2 heterocycles. The summed E-state index contributed by atoms with van der Waals surface area (Å²) >= 11 is 12.4. The van der Waals surface area contributed by atoms with Gasteiger partial charge in [0.05, 0.1) is 17.8 Å². The quantitative estimate of drug-likeness (QED) is 0.682. The lowest BCUT2D eigenvalue weighted by molar-refractivity contribution is -0.118. The number of benzene rings is 1. The summed E-state index contributed by atoms with van der Waals surface area (Å²) in [7, 11) is 0. The van der Waals surface area contributed by atoms with Crippen molar-refractivity contribution in [3.8, 4) is 11.1 Å². The van der Waals surface area contributed by atoms with Gasteiger partial charge in [-0.25, -0.2) is 4.79 Å². The SMILES string of the molecule is Cc1nc2c(c(-c3ccc(Cl)cc3Cl)c1CNC(=O)O)C(=O)N(CC(N)=O)C2. The predicted molar refractivity (Wildman–Crippen MR) is 103 cm³/mol. The predicted octanol–water partition coefficient (Wildman–Crippen LogP) is 2.57. The number of carbonyl (C=O) groups is 3. The van der Waals surface area contributed by atoms with Crippen LogP contribution in [0.15, 0.2) is 18.2 Å². The van der Waals surface area contributed by atoms with Crippen LogP contribution in [0.5, 0.6) is 0 Å². The minimum atomic E-state index is -1.21. The van der Waals surface area contributed by atoms with Gasteiger partial charge in [-0.1, -0.05) is 29.3 Å². The molecule has 0 radical (unpaired) electrons. The summed E-state index contributed by atoms with van der Waals surface area (Å²) in [5.41, 5.74) is 8.03. The van der Waals surface area contributed by atoms with Gasteiger partial charge in [0.1, 0.15) is 6.54 Å². The normalized spacial score (nSPS) is 12.8. The van der Waals surface area contributed by atoms with E-state index in [0.717, 1.165) is 0 Å². The first kappa shape index (κ1) is 19.9. The van der Waals surface area contributed by atoms with Crippen LogP contribution in [0.1, 0.15) is 27.3 Å². The molecule has 0 bridgehead atoms. The molecular formula is C18H16Cl2N4O4. The molecule has 0 fully saturated rings. The maximum Gasteiger partial charge on any atom is 0.404 e. The van der Waals surface area contributed by atoms with Crippen molar-refractivity contribution in [1.29, 1.82) is 0 Å². The molecule has 0 aliphatic carbocycles. The number of nitrogens with zero attached hydrogens (tertiary/aromatic N) is 2. The lowest BCUT2D eigenvalue weighted by atomic mass is 9.92. The summed E-state index contributed by atoms with van der Waals surface area (Å²) in [6.07, 6.45) is -1.21. The van der Waals surface area contributed by atoms with Crippen LogP contribution in [-0.2, 0) is 17.9 Å². The number of carboxylic acid groups (broad SMARTS) is 1. The third-order valence-corrected chi connectivity index (χ3v) is 4.93. The van der Waals surface area contributed by atoms with E-state index in [1.54, 1.807) is 19.1 Å². The molecule has 8 nitrogen and oxygen atoms in total. The molecule has 28 heavy (non-hydrogen) atoms. The van der Waals surface area contributed by atoms with Crippen molar-refractivity contribution in [2.24, 2.45) is 5.73 Å². The van der Waals surface area contributed by atoms with Crippen molar-refractivity contribution in [3.63, 3.8) is 0 Å². The first-order valence-electron chi connectivity index (χ1n) is 8.21. The number of rotatable bonds is 5. The highest BCUT2D eigenvalue weighted by Gasteiger charge is 2.35. The average molecular weight is 423 g/mol. The van der Waals surface area contributed by atoms with Crippen molar-refractivity contribution in [3.05, 3.63) is 50.8 Å². The molecule has 146 valence electrons. The second-order valence-electron chi connectivity index (χ2n) is 6.28. The molecule has 2 aromatic rings. The van der Waals surface area contributed by atoms with Gasteiger partial charge >= 0.3 is 6.09 Å². The third-order valence-electron chi connectivity index (χ3n) is 4.39. The topological polar surface area (TPSA) is 126 Å². The molecule has 3 rings (SSSR count). The van der Waals surface area contributed by atoms with Crippen molar-refractivity contribution in [2.45, 2.75) is 20.0 Å². The molecule has 1 aromatic carbocycles. The summed E-state index contributed by atoms with van der Waals surface area (Å²) < 4.78 is 0. The fraction of sp³-hybridized carbons (Fsp3) is 0.222. The number of hydrogen-bond acceptors (Lipinski definition) is 4. The Morgan fingerprint density at radius 1 is 1.32 bits per heavy atom. The van der Waals surface area contributed by atoms with Crippen LogP contribution in [0.2, 0.25) is 10.0 Å². The summed E-state index contributed by atoms with van der Waals surface area (Å²) in [5, 5.41) is 12.0. The first-order valence-corrected chi connectivity index (χ1v) is 8.96. The number of pyridine rings is 1. The third kappa shape index (κ3) is 3.74.